The average Bonchev–Trinajstić information content (AvgIpc) is 2.19. The van der Waals surface area contributed by atoms with E-state index >= 15 is 0 Å². The summed E-state index contributed by atoms with van der Waals surface area (Å²) in [6.45, 7) is 0.500. The minimum Gasteiger partial charge on any atom is -0.257 e. The largest absolute Gasteiger partial charge is 0.257 e. The summed E-state index contributed by atoms with van der Waals surface area (Å²) in [6.07, 6.45) is 6.34. The fourth-order valence-corrected chi connectivity index (χ4v) is 0.856. The SMILES string of the molecule is [N-]=[N+]=NCCC=Cc1ccccn1. The molecule has 0 amide bonds. The first-order chi connectivity index (χ1) is 6.43. The molecule has 0 spiro atoms. The fraction of sp³-hybridized carbons (Fsp3) is 0.222. The van der Waals surface area contributed by atoms with Crippen LogP contribution in [0.25, 0.3) is 16.5 Å². The molecule has 0 bridgehead atoms. The molecule has 0 aliphatic rings. The Bertz CT molecular complexity index is 312. The quantitative estimate of drug-likeness (QED) is 0.299. The zero-order valence-electron chi connectivity index (χ0n) is 7.17. The second-order valence-electron chi connectivity index (χ2n) is 2.40. The molecule has 0 aliphatic heterocycles. The molecule has 0 aromatic carbocycles. The standard InChI is InChI=1S/C9H10N4/c10-13-12-8-4-2-6-9-5-1-3-7-11-9/h1-3,5-7H,4,8H2. The highest BCUT2D eigenvalue weighted by Crippen LogP contribution is 1.97. The van der Waals surface area contributed by atoms with Gasteiger partial charge in [0.05, 0.1) is 5.69 Å². The van der Waals surface area contributed by atoms with Crippen LogP contribution in [0.3, 0.4) is 0 Å². The van der Waals surface area contributed by atoms with Crippen LogP contribution in [-0.2, 0) is 0 Å². The lowest BCUT2D eigenvalue weighted by atomic mass is 10.3. The normalized spacial score (nSPS) is 9.85. The third kappa shape index (κ3) is 3.94. The summed E-state index contributed by atoms with van der Waals surface area (Å²) in [6, 6.07) is 5.72. The van der Waals surface area contributed by atoms with Gasteiger partial charge in [-0.1, -0.05) is 17.3 Å². The maximum Gasteiger partial charge on any atom is 0.0626 e. The van der Waals surface area contributed by atoms with Gasteiger partial charge in [0.2, 0.25) is 0 Å². The average molecular weight is 174 g/mol. The molecule has 0 fully saturated rings. The van der Waals surface area contributed by atoms with Crippen molar-refractivity contribution in [2.45, 2.75) is 6.42 Å². The van der Waals surface area contributed by atoms with Gasteiger partial charge >= 0.3 is 0 Å². The molecule has 1 aromatic heterocycles. The third-order valence-electron chi connectivity index (χ3n) is 1.44. The van der Waals surface area contributed by atoms with Crippen molar-refractivity contribution in [1.29, 1.82) is 0 Å². The predicted octanol–water partition coefficient (Wildman–Crippen LogP) is 2.80. The van der Waals surface area contributed by atoms with Gasteiger partial charge in [-0.05, 0) is 30.2 Å². The first-order valence-electron chi connectivity index (χ1n) is 4.02. The zero-order chi connectivity index (χ0) is 9.36. The van der Waals surface area contributed by atoms with Crippen LogP contribution in [0, 0.1) is 0 Å². The van der Waals surface area contributed by atoms with E-state index in [2.05, 4.69) is 15.0 Å². The number of rotatable bonds is 4. The Morgan fingerprint density at radius 1 is 1.54 bits per heavy atom. The Morgan fingerprint density at radius 2 is 2.46 bits per heavy atom. The van der Waals surface area contributed by atoms with Crippen molar-refractivity contribution in [1.82, 2.24) is 4.98 Å². The maximum atomic E-state index is 8.00. The van der Waals surface area contributed by atoms with E-state index in [0.29, 0.717) is 6.54 Å². The number of pyridine rings is 1. The van der Waals surface area contributed by atoms with E-state index in [9.17, 15) is 0 Å². The van der Waals surface area contributed by atoms with Gasteiger partial charge in [0.25, 0.3) is 0 Å². The molecule has 4 heteroatoms. The van der Waals surface area contributed by atoms with E-state index in [-0.39, 0.29) is 0 Å². The Labute approximate surface area is 76.6 Å². The molecule has 0 unspecified atom stereocenters. The Kier molecular flexibility index (Phi) is 4.14. The topological polar surface area (TPSA) is 61.7 Å². The summed E-state index contributed by atoms with van der Waals surface area (Å²) in [5.74, 6) is 0. The minimum atomic E-state index is 0.500. The van der Waals surface area contributed by atoms with Crippen LogP contribution < -0.4 is 0 Å². The lowest BCUT2D eigenvalue weighted by molar-refractivity contribution is 0.995. The van der Waals surface area contributed by atoms with Gasteiger partial charge in [-0.3, -0.25) is 4.98 Å². The van der Waals surface area contributed by atoms with Gasteiger partial charge < -0.3 is 0 Å². The summed E-state index contributed by atoms with van der Waals surface area (Å²) in [5, 5.41) is 3.41. The molecule has 1 rings (SSSR count). The van der Waals surface area contributed by atoms with Crippen molar-refractivity contribution in [2.24, 2.45) is 5.11 Å². The Morgan fingerprint density at radius 3 is 3.15 bits per heavy atom. The van der Waals surface area contributed by atoms with Gasteiger partial charge in [0.15, 0.2) is 0 Å². The highest BCUT2D eigenvalue weighted by Gasteiger charge is 1.82. The lowest BCUT2D eigenvalue weighted by Gasteiger charge is -1.89. The van der Waals surface area contributed by atoms with Crippen molar-refractivity contribution in [3.63, 3.8) is 0 Å². The van der Waals surface area contributed by atoms with Crippen LogP contribution in [0.15, 0.2) is 35.6 Å². The maximum absolute atomic E-state index is 8.00. The number of hydrogen-bond acceptors (Lipinski definition) is 2. The van der Waals surface area contributed by atoms with E-state index < -0.39 is 0 Å². The van der Waals surface area contributed by atoms with E-state index in [4.69, 9.17) is 5.53 Å². The van der Waals surface area contributed by atoms with Crippen molar-refractivity contribution in [3.05, 3.63) is 46.6 Å². The molecule has 0 saturated carbocycles. The third-order valence-corrected chi connectivity index (χ3v) is 1.44. The smallest absolute Gasteiger partial charge is 0.0626 e. The number of hydrogen-bond donors (Lipinski definition) is 0. The number of aromatic nitrogens is 1. The molecular weight excluding hydrogens is 164 g/mol. The van der Waals surface area contributed by atoms with Gasteiger partial charge in [-0.25, -0.2) is 0 Å². The predicted molar refractivity (Wildman–Crippen MR) is 51.9 cm³/mol. The summed E-state index contributed by atoms with van der Waals surface area (Å²) in [4.78, 5) is 6.76. The molecule has 13 heavy (non-hydrogen) atoms. The van der Waals surface area contributed by atoms with E-state index in [1.54, 1.807) is 6.20 Å². The summed E-state index contributed by atoms with van der Waals surface area (Å²) in [7, 11) is 0. The highest BCUT2D eigenvalue weighted by molar-refractivity contribution is 5.43. The van der Waals surface area contributed by atoms with Gasteiger partial charge in [0, 0.05) is 17.7 Å². The Balaban J connectivity index is 2.36. The molecule has 0 aliphatic carbocycles. The second-order valence-corrected chi connectivity index (χ2v) is 2.40. The first-order valence-corrected chi connectivity index (χ1v) is 4.02. The first kappa shape index (κ1) is 9.29. The second kappa shape index (κ2) is 5.80. The lowest BCUT2D eigenvalue weighted by Crippen LogP contribution is -1.77. The van der Waals surface area contributed by atoms with Crippen LogP contribution in [0.5, 0.6) is 0 Å². The van der Waals surface area contributed by atoms with Crippen LogP contribution in [0.2, 0.25) is 0 Å². The molecule has 66 valence electrons. The Hall–Kier alpha value is -1.80. The molecule has 0 atom stereocenters. The van der Waals surface area contributed by atoms with Crippen LogP contribution in [-0.4, -0.2) is 11.5 Å². The van der Waals surface area contributed by atoms with Crippen LogP contribution >= 0.6 is 0 Å². The summed E-state index contributed by atoms with van der Waals surface area (Å²) < 4.78 is 0. The molecule has 1 heterocycles. The summed E-state index contributed by atoms with van der Waals surface area (Å²) in [5.41, 5.74) is 8.92. The van der Waals surface area contributed by atoms with E-state index in [1.807, 2.05) is 30.4 Å². The summed E-state index contributed by atoms with van der Waals surface area (Å²) >= 11 is 0. The monoisotopic (exact) mass is 174 g/mol. The van der Waals surface area contributed by atoms with Gasteiger partial charge in [0.1, 0.15) is 0 Å². The van der Waals surface area contributed by atoms with Crippen molar-refractivity contribution >= 4 is 6.08 Å². The van der Waals surface area contributed by atoms with Crippen molar-refractivity contribution in [2.75, 3.05) is 6.54 Å². The fourth-order valence-electron chi connectivity index (χ4n) is 0.856. The molecular formula is C9H10N4. The van der Waals surface area contributed by atoms with Gasteiger partial charge in [-0.15, -0.1) is 0 Å². The van der Waals surface area contributed by atoms with Crippen LogP contribution in [0.4, 0.5) is 0 Å². The molecule has 1 aromatic rings. The molecule has 0 saturated heterocycles. The molecule has 4 nitrogen and oxygen atoms in total. The van der Waals surface area contributed by atoms with Crippen LogP contribution in [0.1, 0.15) is 12.1 Å². The van der Waals surface area contributed by atoms with Crippen molar-refractivity contribution in [3.8, 4) is 0 Å². The van der Waals surface area contributed by atoms with E-state index in [0.717, 1.165) is 12.1 Å². The highest BCUT2D eigenvalue weighted by atomic mass is 15.1. The zero-order valence-corrected chi connectivity index (χ0v) is 7.17. The van der Waals surface area contributed by atoms with Crippen molar-refractivity contribution < 1.29 is 0 Å². The van der Waals surface area contributed by atoms with E-state index in [1.165, 1.54) is 0 Å². The molecule has 0 radical (unpaired) electrons. The number of nitrogens with zero attached hydrogens (tertiary/aromatic N) is 4. The number of azide groups is 1. The minimum absolute atomic E-state index is 0.500. The van der Waals surface area contributed by atoms with Gasteiger partial charge in [-0.2, -0.15) is 0 Å². The molecule has 0 N–H and O–H groups in total.